The maximum Gasteiger partial charge on any atom is 0.260 e. The van der Waals surface area contributed by atoms with Gasteiger partial charge in [-0.25, -0.2) is 15.0 Å². The van der Waals surface area contributed by atoms with Gasteiger partial charge in [-0.15, -0.1) is 0 Å². The Labute approximate surface area is 102 Å². The van der Waals surface area contributed by atoms with Crippen LogP contribution in [0.2, 0.25) is 0 Å². The average Bonchev–Trinajstić information content (AvgIpc) is 2.78. The molecule has 2 aromatic rings. The molecule has 2 aromatic heterocycles. The van der Waals surface area contributed by atoms with Crippen LogP contribution in [0.25, 0.3) is 0 Å². The Morgan fingerprint density at radius 1 is 1.47 bits per heavy atom. The summed E-state index contributed by atoms with van der Waals surface area (Å²) in [6, 6.07) is 1.84. The van der Waals surface area contributed by atoms with Crippen LogP contribution in [0.15, 0.2) is 18.6 Å². The minimum Gasteiger partial charge on any atom is -0.365 e. The molecule has 0 atom stereocenters. The number of anilines is 2. The summed E-state index contributed by atoms with van der Waals surface area (Å²) in [5.74, 6) is 0.176. The monoisotopic (exact) mass is 249 g/mol. The van der Waals surface area contributed by atoms with E-state index in [9.17, 15) is 4.79 Å². The Morgan fingerprint density at radius 2 is 2.29 bits per heavy atom. The molecule has 1 amide bonds. The van der Waals surface area contributed by atoms with Crippen LogP contribution in [-0.4, -0.2) is 20.9 Å². The zero-order valence-corrected chi connectivity index (χ0v) is 9.99. The van der Waals surface area contributed by atoms with Crippen LogP contribution < -0.4 is 11.1 Å². The van der Waals surface area contributed by atoms with Crippen molar-refractivity contribution in [3.8, 4) is 0 Å². The molecular formula is C10H11N5OS. The first-order valence-corrected chi connectivity index (χ1v) is 5.84. The van der Waals surface area contributed by atoms with Gasteiger partial charge in [0.15, 0.2) is 5.13 Å². The van der Waals surface area contributed by atoms with E-state index in [4.69, 9.17) is 5.73 Å². The zero-order valence-electron chi connectivity index (χ0n) is 9.17. The average molecular weight is 249 g/mol. The number of carbonyl (C=O) groups is 1. The minimum absolute atomic E-state index is 0.414. The Balaban J connectivity index is 2.16. The molecule has 0 aromatic carbocycles. The maximum atomic E-state index is 10.9. The Morgan fingerprint density at radius 3 is 2.94 bits per heavy atom. The first kappa shape index (κ1) is 11.5. The third-order valence-corrected chi connectivity index (χ3v) is 3.00. The van der Waals surface area contributed by atoms with Crippen molar-refractivity contribution in [3.05, 3.63) is 29.2 Å². The van der Waals surface area contributed by atoms with E-state index < -0.39 is 5.91 Å². The summed E-state index contributed by atoms with van der Waals surface area (Å²) in [6.45, 7) is 2.01. The summed E-state index contributed by atoms with van der Waals surface area (Å²) in [5.41, 5.74) is 6.08. The number of aromatic nitrogens is 3. The number of nitrogens with one attached hydrogen (secondary N) is 1. The molecule has 0 spiro atoms. The lowest BCUT2D eigenvalue weighted by Crippen LogP contribution is -2.08. The SMILES string of the molecule is CCc1cc(Nc2ncc(C(N)=O)s2)ncn1. The van der Waals surface area contributed by atoms with E-state index in [0.29, 0.717) is 15.8 Å². The summed E-state index contributed by atoms with van der Waals surface area (Å²) in [4.78, 5) is 23.5. The van der Waals surface area contributed by atoms with E-state index in [1.54, 1.807) is 0 Å². The van der Waals surface area contributed by atoms with Gasteiger partial charge in [-0.1, -0.05) is 18.3 Å². The zero-order chi connectivity index (χ0) is 12.3. The fourth-order valence-corrected chi connectivity index (χ4v) is 1.89. The highest BCUT2D eigenvalue weighted by molar-refractivity contribution is 7.17. The number of hydrogen-bond donors (Lipinski definition) is 2. The van der Waals surface area contributed by atoms with Crippen molar-refractivity contribution in [2.24, 2.45) is 5.73 Å². The van der Waals surface area contributed by atoms with E-state index >= 15 is 0 Å². The quantitative estimate of drug-likeness (QED) is 0.852. The summed E-state index contributed by atoms with van der Waals surface area (Å²) in [5, 5.41) is 3.59. The van der Waals surface area contributed by atoms with Gasteiger partial charge in [-0.05, 0) is 6.42 Å². The van der Waals surface area contributed by atoms with Gasteiger partial charge >= 0.3 is 0 Å². The maximum absolute atomic E-state index is 10.9. The van der Waals surface area contributed by atoms with E-state index in [1.807, 2.05) is 13.0 Å². The molecule has 0 saturated carbocycles. The van der Waals surface area contributed by atoms with E-state index in [1.165, 1.54) is 23.9 Å². The second-order valence-electron chi connectivity index (χ2n) is 3.27. The fraction of sp³-hybridized carbons (Fsp3) is 0.200. The summed E-state index contributed by atoms with van der Waals surface area (Å²) < 4.78 is 0. The lowest BCUT2D eigenvalue weighted by atomic mass is 10.3. The number of amides is 1. The second kappa shape index (κ2) is 4.88. The fourth-order valence-electron chi connectivity index (χ4n) is 1.21. The number of thiazole rings is 1. The number of aryl methyl sites for hydroxylation is 1. The number of rotatable bonds is 4. The first-order valence-electron chi connectivity index (χ1n) is 5.02. The van der Waals surface area contributed by atoms with Crippen molar-refractivity contribution in [3.63, 3.8) is 0 Å². The van der Waals surface area contributed by atoms with E-state index in [0.717, 1.165) is 12.1 Å². The third kappa shape index (κ3) is 2.76. The largest absolute Gasteiger partial charge is 0.365 e. The Bertz CT molecular complexity index is 539. The van der Waals surface area contributed by atoms with Crippen LogP contribution in [0.4, 0.5) is 10.9 Å². The van der Waals surface area contributed by atoms with Crippen molar-refractivity contribution in [2.45, 2.75) is 13.3 Å². The van der Waals surface area contributed by atoms with Gasteiger partial charge in [0.1, 0.15) is 17.0 Å². The van der Waals surface area contributed by atoms with Gasteiger partial charge in [0, 0.05) is 11.8 Å². The van der Waals surface area contributed by atoms with Crippen LogP contribution in [-0.2, 0) is 6.42 Å². The highest BCUT2D eigenvalue weighted by Gasteiger charge is 2.07. The first-order chi connectivity index (χ1) is 8.19. The van der Waals surface area contributed by atoms with Crippen molar-refractivity contribution in [1.82, 2.24) is 15.0 Å². The van der Waals surface area contributed by atoms with Crippen LogP contribution in [0.1, 0.15) is 22.3 Å². The molecule has 2 heterocycles. The molecule has 0 bridgehead atoms. The minimum atomic E-state index is -0.479. The molecule has 0 unspecified atom stereocenters. The van der Waals surface area contributed by atoms with Crippen LogP contribution in [0, 0.1) is 0 Å². The number of carbonyl (C=O) groups excluding carboxylic acids is 1. The van der Waals surface area contributed by atoms with Crippen LogP contribution >= 0.6 is 11.3 Å². The van der Waals surface area contributed by atoms with Gasteiger partial charge in [0.05, 0.1) is 6.20 Å². The summed E-state index contributed by atoms with van der Waals surface area (Å²) >= 11 is 1.19. The molecule has 0 aliphatic carbocycles. The lowest BCUT2D eigenvalue weighted by molar-refractivity contribution is 0.100. The van der Waals surface area contributed by atoms with Gasteiger partial charge in [0.2, 0.25) is 0 Å². The molecule has 17 heavy (non-hydrogen) atoms. The number of hydrogen-bond acceptors (Lipinski definition) is 6. The van der Waals surface area contributed by atoms with E-state index in [-0.39, 0.29) is 0 Å². The molecule has 2 rings (SSSR count). The van der Waals surface area contributed by atoms with Crippen LogP contribution in [0.3, 0.4) is 0 Å². The van der Waals surface area contributed by atoms with Crippen molar-refractivity contribution < 1.29 is 4.79 Å². The topological polar surface area (TPSA) is 93.8 Å². The van der Waals surface area contributed by atoms with Crippen molar-refractivity contribution in [2.75, 3.05) is 5.32 Å². The molecule has 0 radical (unpaired) electrons. The van der Waals surface area contributed by atoms with E-state index in [2.05, 4.69) is 20.3 Å². The summed E-state index contributed by atoms with van der Waals surface area (Å²) in [6.07, 6.45) is 3.77. The van der Waals surface area contributed by atoms with Gasteiger partial charge in [-0.3, -0.25) is 4.79 Å². The number of primary amides is 1. The Hall–Kier alpha value is -2.02. The predicted molar refractivity (Wildman–Crippen MR) is 65.3 cm³/mol. The highest BCUT2D eigenvalue weighted by atomic mass is 32.1. The molecule has 0 aliphatic rings. The van der Waals surface area contributed by atoms with Crippen molar-refractivity contribution in [1.29, 1.82) is 0 Å². The molecule has 0 saturated heterocycles. The summed E-state index contributed by atoms with van der Waals surface area (Å²) in [7, 11) is 0. The van der Waals surface area contributed by atoms with Crippen LogP contribution in [0.5, 0.6) is 0 Å². The molecule has 0 fully saturated rings. The number of nitrogens with two attached hydrogens (primary N) is 1. The lowest BCUT2D eigenvalue weighted by Gasteiger charge is -2.02. The predicted octanol–water partition coefficient (Wildman–Crippen LogP) is 1.34. The molecule has 3 N–H and O–H groups in total. The smallest absolute Gasteiger partial charge is 0.260 e. The molecule has 0 aliphatic heterocycles. The standard InChI is InChI=1S/C10H11N5OS/c1-2-6-3-8(14-5-13-6)15-10-12-4-7(17-10)9(11)16/h3-5H,2H2,1H3,(H2,11,16)(H,12,13,14,15). The highest BCUT2D eigenvalue weighted by Crippen LogP contribution is 2.21. The normalized spacial score (nSPS) is 10.2. The van der Waals surface area contributed by atoms with Gasteiger partial charge in [0.25, 0.3) is 5.91 Å². The second-order valence-corrected chi connectivity index (χ2v) is 4.30. The van der Waals surface area contributed by atoms with Crippen molar-refractivity contribution >= 4 is 28.2 Å². The number of nitrogens with zero attached hydrogens (tertiary/aromatic N) is 3. The molecule has 88 valence electrons. The third-order valence-electron chi connectivity index (χ3n) is 2.07. The molecule has 6 nitrogen and oxygen atoms in total. The molecular weight excluding hydrogens is 238 g/mol. The Kier molecular flexibility index (Phi) is 3.29. The van der Waals surface area contributed by atoms with Gasteiger partial charge < -0.3 is 11.1 Å². The molecule has 7 heteroatoms. The van der Waals surface area contributed by atoms with Gasteiger partial charge in [-0.2, -0.15) is 0 Å².